The quantitative estimate of drug-likeness (QED) is 0.397. The second-order valence-electron chi connectivity index (χ2n) is 6.82. The molecule has 4 rings (SSSR count). The molecule has 1 heterocycles. The van der Waals surface area contributed by atoms with Crippen molar-refractivity contribution in [1.82, 2.24) is 9.66 Å². The van der Waals surface area contributed by atoms with E-state index in [1.54, 1.807) is 37.3 Å². The number of aromatic amines is 1. The van der Waals surface area contributed by atoms with Gasteiger partial charge in [0.1, 0.15) is 5.75 Å². The van der Waals surface area contributed by atoms with Crippen LogP contribution in [0.15, 0.2) is 75.4 Å². The molecular formula is C23H19N3O5. The van der Waals surface area contributed by atoms with Crippen molar-refractivity contribution in [3.63, 3.8) is 0 Å². The van der Waals surface area contributed by atoms with Gasteiger partial charge in [-0.1, -0.05) is 42.5 Å². The zero-order valence-electron chi connectivity index (χ0n) is 16.9. The number of esters is 1. The van der Waals surface area contributed by atoms with E-state index in [9.17, 15) is 14.4 Å². The second kappa shape index (κ2) is 8.27. The number of hydrogen-bond donors (Lipinski definition) is 1. The van der Waals surface area contributed by atoms with Crippen LogP contribution in [0.4, 0.5) is 0 Å². The van der Waals surface area contributed by atoms with Gasteiger partial charge in [0, 0.05) is 5.56 Å². The number of benzene rings is 3. The molecule has 0 aliphatic carbocycles. The van der Waals surface area contributed by atoms with Crippen LogP contribution in [-0.2, 0) is 9.53 Å². The Morgan fingerprint density at radius 1 is 1.03 bits per heavy atom. The molecule has 156 valence electrons. The van der Waals surface area contributed by atoms with E-state index >= 15 is 0 Å². The summed E-state index contributed by atoms with van der Waals surface area (Å²) < 4.78 is 11.3. The first-order valence-electron chi connectivity index (χ1n) is 9.54. The molecule has 0 bridgehead atoms. The van der Waals surface area contributed by atoms with Crippen LogP contribution < -0.4 is 16.0 Å². The van der Waals surface area contributed by atoms with Gasteiger partial charge in [0.05, 0.1) is 24.2 Å². The summed E-state index contributed by atoms with van der Waals surface area (Å²) in [7, 11) is 1.28. The molecule has 1 N–H and O–H groups in total. The fourth-order valence-corrected chi connectivity index (χ4v) is 3.29. The number of carbonyl (C=O) groups is 1. The average Bonchev–Trinajstić information content (AvgIpc) is 2.79. The number of nitrogens with one attached hydrogen (secondary N) is 1. The van der Waals surface area contributed by atoms with Crippen LogP contribution >= 0.6 is 0 Å². The summed E-state index contributed by atoms with van der Waals surface area (Å²) in [6.07, 6.45) is 0.526. The fraction of sp³-hybridized carbons (Fsp3) is 0.130. The monoisotopic (exact) mass is 417 g/mol. The van der Waals surface area contributed by atoms with Gasteiger partial charge in [0.25, 0.3) is 5.56 Å². The molecule has 0 saturated carbocycles. The number of H-pyrrole nitrogens is 1. The first-order chi connectivity index (χ1) is 15.0. The molecule has 8 nitrogen and oxygen atoms in total. The Labute approximate surface area is 176 Å². The van der Waals surface area contributed by atoms with Crippen LogP contribution in [0.2, 0.25) is 0 Å². The Kier molecular flexibility index (Phi) is 5.36. The topological polar surface area (TPSA) is 103 Å². The van der Waals surface area contributed by atoms with E-state index in [-0.39, 0.29) is 0 Å². The number of para-hydroxylation sites is 1. The number of ether oxygens (including phenoxy) is 2. The van der Waals surface area contributed by atoms with Crippen molar-refractivity contribution in [3.8, 4) is 5.75 Å². The zero-order valence-corrected chi connectivity index (χ0v) is 16.9. The van der Waals surface area contributed by atoms with Crippen molar-refractivity contribution in [2.45, 2.75) is 13.0 Å². The van der Waals surface area contributed by atoms with Crippen molar-refractivity contribution in [1.29, 1.82) is 0 Å². The number of rotatable bonds is 5. The molecule has 8 heteroatoms. The lowest BCUT2D eigenvalue weighted by atomic mass is 10.0. The van der Waals surface area contributed by atoms with E-state index < -0.39 is 23.3 Å². The van der Waals surface area contributed by atoms with Gasteiger partial charge in [-0.15, -0.1) is 4.68 Å². The molecule has 31 heavy (non-hydrogen) atoms. The van der Waals surface area contributed by atoms with Crippen LogP contribution in [0.5, 0.6) is 5.75 Å². The maximum absolute atomic E-state index is 12.8. The molecule has 0 fully saturated rings. The maximum Gasteiger partial charge on any atom is 0.349 e. The molecule has 0 spiro atoms. The lowest BCUT2D eigenvalue weighted by molar-refractivity contribution is -0.147. The summed E-state index contributed by atoms with van der Waals surface area (Å²) in [5.74, 6) is -0.163. The van der Waals surface area contributed by atoms with Gasteiger partial charge in [-0.05, 0) is 35.9 Å². The summed E-state index contributed by atoms with van der Waals surface area (Å²) in [5.41, 5.74) is -0.245. The third-order valence-electron chi connectivity index (χ3n) is 4.85. The number of nitrogens with zero attached hydrogens (tertiary/aromatic N) is 2. The Morgan fingerprint density at radius 3 is 2.52 bits per heavy atom. The molecule has 0 aliphatic heterocycles. The summed E-state index contributed by atoms with van der Waals surface area (Å²) in [6.45, 7) is 1.57. The minimum absolute atomic E-state index is 0.341. The van der Waals surface area contributed by atoms with E-state index in [1.807, 2.05) is 30.3 Å². The number of hydrogen-bond acceptors (Lipinski definition) is 6. The zero-order chi connectivity index (χ0) is 22.0. The Hall–Kier alpha value is -4.20. The van der Waals surface area contributed by atoms with Crippen LogP contribution in [0.3, 0.4) is 0 Å². The third kappa shape index (κ3) is 3.83. The van der Waals surface area contributed by atoms with Crippen molar-refractivity contribution >= 4 is 33.9 Å². The van der Waals surface area contributed by atoms with E-state index in [1.165, 1.54) is 13.3 Å². The van der Waals surface area contributed by atoms with Crippen molar-refractivity contribution in [3.05, 3.63) is 87.1 Å². The maximum atomic E-state index is 12.8. The largest absolute Gasteiger partial charge is 0.478 e. The molecule has 1 aromatic heterocycles. The number of carbonyl (C=O) groups excluding carboxylic acids is 1. The lowest BCUT2D eigenvalue weighted by Crippen LogP contribution is -2.32. The van der Waals surface area contributed by atoms with Crippen molar-refractivity contribution in [2.24, 2.45) is 5.10 Å². The van der Waals surface area contributed by atoms with E-state index in [2.05, 4.69) is 10.1 Å². The minimum Gasteiger partial charge on any atom is -0.478 e. The standard InChI is InChI=1S/C23H19N3O5/c1-14(22(28)30-2)31-20-12-11-15-7-3-4-8-16(15)18(20)13-24-26-21(27)17-9-5-6-10-19(17)25-23(26)29/h3-14H,1-2H3,(H,25,29). The first-order valence-corrected chi connectivity index (χ1v) is 9.54. The molecule has 1 unspecified atom stereocenters. The van der Waals surface area contributed by atoms with Gasteiger partial charge >= 0.3 is 11.7 Å². The van der Waals surface area contributed by atoms with Gasteiger partial charge in [-0.3, -0.25) is 4.79 Å². The number of fused-ring (bicyclic) bond motifs is 2. The van der Waals surface area contributed by atoms with E-state index in [0.29, 0.717) is 22.2 Å². The number of methoxy groups -OCH3 is 1. The summed E-state index contributed by atoms with van der Waals surface area (Å²) in [4.78, 5) is 39.6. The van der Waals surface area contributed by atoms with Crippen LogP contribution in [0.1, 0.15) is 12.5 Å². The Bertz CT molecular complexity index is 1430. The van der Waals surface area contributed by atoms with E-state index in [0.717, 1.165) is 15.4 Å². The molecule has 1 atom stereocenters. The van der Waals surface area contributed by atoms with Crippen LogP contribution in [0, 0.1) is 0 Å². The summed E-state index contributed by atoms with van der Waals surface area (Å²) >= 11 is 0. The summed E-state index contributed by atoms with van der Waals surface area (Å²) in [5, 5.41) is 6.18. The number of aromatic nitrogens is 2. The molecule has 0 amide bonds. The third-order valence-corrected chi connectivity index (χ3v) is 4.85. The fourth-order valence-electron chi connectivity index (χ4n) is 3.29. The highest BCUT2D eigenvalue weighted by Gasteiger charge is 2.17. The van der Waals surface area contributed by atoms with Gasteiger partial charge in [0.2, 0.25) is 0 Å². The Balaban J connectivity index is 1.86. The van der Waals surface area contributed by atoms with Gasteiger partial charge in [-0.25, -0.2) is 9.59 Å². The molecule has 0 aliphatic rings. The first kappa shape index (κ1) is 20.1. The highest BCUT2D eigenvalue weighted by Crippen LogP contribution is 2.27. The molecule has 0 saturated heterocycles. The van der Waals surface area contributed by atoms with E-state index in [4.69, 9.17) is 9.47 Å². The normalized spacial score (nSPS) is 12.3. The summed E-state index contributed by atoms with van der Waals surface area (Å²) in [6, 6.07) is 17.8. The average molecular weight is 417 g/mol. The molecule has 3 aromatic carbocycles. The Morgan fingerprint density at radius 2 is 1.74 bits per heavy atom. The van der Waals surface area contributed by atoms with Gasteiger partial charge in [-0.2, -0.15) is 5.10 Å². The molecular weight excluding hydrogens is 398 g/mol. The highest BCUT2D eigenvalue weighted by molar-refractivity contribution is 6.02. The predicted molar refractivity (Wildman–Crippen MR) is 118 cm³/mol. The van der Waals surface area contributed by atoms with Gasteiger partial charge < -0.3 is 14.5 Å². The molecule has 0 radical (unpaired) electrons. The van der Waals surface area contributed by atoms with Crippen LogP contribution in [-0.4, -0.2) is 35.1 Å². The van der Waals surface area contributed by atoms with Crippen molar-refractivity contribution in [2.75, 3.05) is 7.11 Å². The predicted octanol–water partition coefficient (Wildman–Crippen LogP) is 2.67. The SMILES string of the molecule is COC(=O)C(C)Oc1ccc2ccccc2c1C=Nn1c(=O)[nH]c2ccccc2c1=O. The second-order valence-corrected chi connectivity index (χ2v) is 6.82. The smallest absolute Gasteiger partial charge is 0.349 e. The minimum atomic E-state index is -0.856. The van der Waals surface area contributed by atoms with Crippen molar-refractivity contribution < 1.29 is 14.3 Å². The lowest BCUT2D eigenvalue weighted by Gasteiger charge is -2.15. The van der Waals surface area contributed by atoms with Crippen LogP contribution in [0.25, 0.3) is 21.7 Å². The highest BCUT2D eigenvalue weighted by atomic mass is 16.6. The molecule has 4 aromatic rings. The van der Waals surface area contributed by atoms with Gasteiger partial charge in [0.15, 0.2) is 6.10 Å².